The van der Waals surface area contributed by atoms with Gasteiger partial charge in [-0.3, -0.25) is 9.59 Å². The minimum atomic E-state index is -0.908. The van der Waals surface area contributed by atoms with E-state index in [0.29, 0.717) is 17.9 Å². The van der Waals surface area contributed by atoms with Gasteiger partial charge in [0, 0.05) is 25.5 Å². The van der Waals surface area contributed by atoms with Gasteiger partial charge >= 0.3 is 0 Å². The van der Waals surface area contributed by atoms with Crippen molar-refractivity contribution in [2.75, 3.05) is 6.54 Å². The van der Waals surface area contributed by atoms with Crippen LogP contribution in [0.25, 0.3) is 10.9 Å². The van der Waals surface area contributed by atoms with Crippen molar-refractivity contribution >= 4 is 16.8 Å². The molecule has 1 saturated heterocycles. The second-order valence-electron chi connectivity index (χ2n) is 7.58. The van der Waals surface area contributed by atoms with Crippen LogP contribution in [0.1, 0.15) is 34.8 Å². The summed E-state index contributed by atoms with van der Waals surface area (Å²) >= 11 is 0. The Hall–Kier alpha value is -3.80. The van der Waals surface area contributed by atoms with E-state index in [9.17, 15) is 18.4 Å². The minimum Gasteiger partial charge on any atom is -0.470 e. The van der Waals surface area contributed by atoms with Crippen molar-refractivity contribution in [2.45, 2.75) is 31.5 Å². The van der Waals surface area contributed by atoms with Crippen molar-refractivity contribution in [2.24, 2.45) is 0 Å². The third kappa shape index (κ3) is 3.20. The molecular formula is C22H16F2N4O3. The fourth-order valence-electron chi connectivity index (χ4n) is 4.11. The van der Waals surface area contributed by atoms with Gasteiger partial charge in [-0.15, -0.1) is 11.5 Å². The van der Waals surface area contributed by atoms with Crippen LogP contribution in [0.15, 0.2) is 35.1 Å². The molecule has 0 radical (unpaired) electrons. The highest BCUT2D eigenvalue weighted by molar-refractivity contribution is 6.01. The lowest BCUT2D eigenvalue weighted by molar-refractivity contribution is 0.0295. The van der Waals surface area contributed by atoms with E-state index in [1.54, 1.807) is 4.90 Å². The van der Waals surface area contributed by atoms with E-state index < -0.39 is 23.2 Å². The molecule has 0 aliphatic carbocycles. The van der Waals surface area contributed by atoms with Crippen molar-refractivity contribution in [1.29, 1.82) is 0 Å². The number of aromatic nitrogens is 3. The Labute approximate surface area is 175 Å². The summed E-state index contributed by atoms with van der Waals surface area (Å²) in [4.78, 5) is 27.5. The van der Waals surface area contributed by atoms with Crippen molar-refractivity contribution in [1.82, 2.24) is 19.9 Å². The van der Waals surface area contributed by atoms with Crippen LogP contribution >= 0.6 is 0 Å². The molecule has 3 aromatic rings. The van der Waals surface area contributed by atoms with Gasteiger partial charge in [-0.1, -0.05) is 11.1 Å². The second kappa shape index (κ2) is 7.16. The zero-order valence-electron chi connectivity index (χ0n) is 16.2. The molecular weight excluding hydrogens is 406 g/mol. The highest BCUT2D eigenvalue weighted by atomic mass is 19.1. The Kier molecular flexibility index (Phi) is 4.43. The van der Waals surface area contributed by atoms with Crippen LogP contribution in [-0.2, 0) is 6.42 Å². The number of carbonyl (C=O) groups is 1. The Bertz CT molecular complexity index is 1310. The molecule has 7 nitrogen and oxygen atoms in total. The van der Waals surface area contributed by atoms with Gasteiger partial charge in [-0.25, -0.2) is 8.78 Å². The summed E-state index contributed by atoms with van der Waals surface area (Å²) in [6.07, 6.45) is 6.82. The van der Waals surface area contributed by atoms with E-state index in [2.05, 4.69) is 16.2 Å². The number of carbonyl (C=O) groups excluding carboxylic acids is 1. The molecule has 2 aromatic carbocycles. The smallest absolute Gasteiger partial charge is 0.278 e. The largest absolute Gasteiger partial charge is 0.470 e. The maximum Gasteiger partial charge on any atom is 0.278 e. The highest BCUT2D eigenvalue weighted by Crippen LogP contribution is 2.34. The van der Waals surface area contributed by atoms with Crippen LogP contribution in [0.4, 0.5) is 8.78 Å². The van der Waals surface area contributed by atoms with Crippen molar-refractivity contribution in [3.05, 3.63) is 63.4 Å². The molecule has 1 unspecified atom stereocenters. The molecule has 5 rings (SSSR count). The number of rotatable bonds is 3. The average molecular weight is 422 g/mol. The average Bonchev–Trinajstić information content (AvgIpc) is 3.20. The number of ether oxygens (including phenoxy) is 1. The molecule has 1 aromatic heterocycles. The lowest BCUT2D eigenvalue weighted by Crippen LogP contribution is -2.43. The number of terminal acetylenes is 1. The van der Waals surface area contributed by atoms with Crippen molar-refractivity contribution < 1.29 is 18.3 Å². The first-order valence-corrected chi connectivity index (χ1v) is 9.76. The first-order valence-electron chi connectivity index (χ1n) is 9.76. The topological polar surface area (TPSA) is 77.3 Å². The molecule has 1 amide bonds. The van der Waals surface area contributed by atoms with Gasteiger partial charge in [-0.05, 0) is 36.2 Å². The number of halogens is 2. The van der Waals surface area contributed by atoms with E-state index in [-0.39, 0.29) is 35.0 Å². The van der Waals surface area contributed by atoms with Gasteiger partial charge in [0.1, 0.15) is 28.9 Å². The van der Waals surface area contributed by atoms with Crippen molar-refractivity contribution in [3.63, 3.8) is 0 Å². The summed E-state index contributed by atoms with van der Waals surface area (Å²) in [5.74, 6) is 1.12. The molecule has 0 saturated carbocycles. The molecule has 9 heteroatoms. The standard InChI is InChI=1S/C22H16F2N4O3/c1-2-15(8-12-6-13(23)9-14(24)7-12)28-22(30)16-11-19-17(10-18(16)25-26-28)21(29)27-5-3-4-20(27)31-19/h1,6-7,9-11,15,20H,3-5,8H2/t15?,20-/m1/s1. The van der Waals surface area contributed by atoms with Gasteiger partial charge < -0.3 is 9.64 Å². The van der Waals surface area contributed by atoms with Gasteiger partial charge in [0.25, 0.3) is 11.5 Å². The fourth-order valence-corrected chi connectivity index (χ4v) is 4.11. The summed E-state index contributed by atoms with van der Waals surface area (Å²) in [6, 6.07) is 5.13. The summed E-state index contributed by atoms with van der Waals surface area (Å²) < 4.78 is 34.0. The summed E-state index contributed by atoms with van der Waals surface area (Å²) in [5, 5.41) is 8.17. The van der Waals surface area contributed by atoms with Crippen LogP contribution in [0.3, 0.4) is 0 Å². The van der Waals surface area contributed by atoms with Crippen LogP contribution in [0.2, 0.25) is 0 Å². The fraction of sp³-hybridized carbons (Fsp3) is 0.273. The molecule has 2 atom stereocenters. The number of benzene rings is 2. The lowest BCUT2D eigenvalue weighted by Gasteiger charge is -2.31. The Morgan fingerprint density at radius 3 is 2.71 bits per heavy atom. The monoisotopic (exact) mass is 422 g/mol. The zero-order valence-corrected chi connectivity index (χ0v) is 16.2. The Morgan fingerprint density at radius 1 is 1.19 bits per heavy atom. The number of hydrogen-bond acceptors (Lipinski definition) is 5. The third-order valence-corrected chi connectivity index (χ3v) is 5.58. The van der Waals surface area contributed by atoms with Crippen LogP contribution < -0.4 is 10.3 Å². The van der Waals surface area contributed by atoms with Gasteiger partial charge in [0.05, 0.1) is 10.9 Å². The van der Waals surface area contributed by atoms with E-state index in [1.165, 1.54) is 12.1 Å². The maximum absolute atomic E-state index is 13.5. The Balaban J connectivity index is 1.56. The third-order valence-electron chi connectivity index (χ3n) is 5.58. The number of amides is 1. The quantitative estimate of drug-likeness (QED) is 0.606. The number of nitrogens with zero attached hydrogens (tertiary/aromatic N) is 4. The van der Waals surface area contributed by atoms with Crippen LogP contribution in [0.5, 0.6) is 5.75 Å². The minimum absolute atomic E-state index is 0.0117. The van der Waals surface area contributed by atoms with E-state index in [1.807, 2.05) is 0 Å². The first-order chi connectivity index (χ1) is 14.9. The van der Waals surface area contributed by atoms with E-state index in [4.69, 9.17) is 11.2 Å². The number of fused-ring (bicyclic) bond motifs is 3. The predicted molar refractivity (Wildman–Crippen MR) is 106 cm³/mol. The SMILES string of the molecule is C#CC(Cc1cc(F)cc(F)c1)n1nnc2cc3c(cc2c1=O)O[C@@H]1CCCN1C3=O. The molecule has 2 aliphatic rings. The molecule has 3 heterocycles. The summed E-state index contributed by atoms with van der Waals surface area (Å²) in [5.41, 5.74) is 0.329. The van der Waals surface area contributed by atoms with E-state index >= 15 is 0 Å². The number of hydrogen-bond donors (Lipinski definition) is 0. The summed E-state index contributed by atoms with van der Waals surface area (Å²) in [6.45, 7) is 0.624. The zero-order chi connectivity index (χ0) is 21.7. The predicted octanol–water partition coefficient (Wildman–Crippen LogP) is 2.44. The highest BCUT2D eigenvalue weighted by Gasteiger charge is 2.37. The molecule has 31 heavy (non-hydrogen) atoms. The van der Waals surface area contributed by atoms with Gasteiger partial charge in [0.15, 0.2) is 6.23 Å². The maximum atomic E-state index is 13.5. The van der Waals surface area contributed by atoms with Crippen LogP contribution in [-0.4, -0.2) is 38.6 Å². The molecule has 1 fully saturated rings. The van der Waals surface area contributed by atoms with Crippen LogP contribution in [0, 0.1) is 24.0 Å². The molecule has 156 valence electrons. The van der Waals surface area contributed by atoms with E-state index in [0.717, 1.165) is 35.7 Å². The van der Waals surface area contributed by atoms with Gasteiger partial charge in [-0.2, -0.15) is 4.68 Å². The molecule has 0 bridgehead atoms. The molecule has 2 aliphatic heterocycles. The van der Waals surface area contributed by atoms with Crippen molar-refractivity contribution in [3.8, 4) is 18.1 Å². The molecule has 0 N–H and O–H groups in total. The normalized spacial score (nSPS) is 18.3. The Morgan fingerprint density at radius 2 is 1.97 bits per heavy atom. The summed E-state index contributed by atoms with van der Waals surface area (Å²) in [7, 11) is 0. The lowest BCUT2D eigenvalue weighted by atomic mass is 10.1. The molecule has 0 spiro atoms. The van der Waals surface area contributed by atoms with Gasteiger partial charge in [0.2, 0.25) is 0 Å². The second-order valence-corrected chi connectivity index (χ2v) is 7.58. The first kappa shape index (κ1) is 19.2.